The van der Waals surface area contributed by atoms with Crippen LogP contribution in [0.2, 0.25) is 0 Å². The molecule has 0 atom stereocenters. The fourth-order valence-corrected chi connectivity index (χ4v) is 8.31. The average molecular weight is 717 g/mol. The van der Waals surface area contributed by atoms with E-state index in [1.54, 1.807) is 0 Å². The van der Waals surface area contributed by atoms with Crippen LogP contribution in [-0.4, -0.2) is 4.57 Å². The van der Waals surface area contributed by atoms with E-state index < -0.39 is 0 Å². The van der Waals surface area contributed by atoms with Crippen LogP contribution in [0.3, 0.4) is 0 Å². The molecular weight excluding hydrogens is 677 g/mol. The Morgan fingerprint density at radius 1 is 0.339 bits per heavy atom. The summed E-state index contributed by atoms with van der Waals surface area (Å²) < 4.78 is 2.51. The average Bonchev–Trinajstić information content (AvgIpc) is 3.58. The number of hydrogen-bond donors (Lipinski definition) is 0. The normalized spacial score (nSPS) is 11.4. The highest BCUT2D eigenvalue weighted by Gasteiger charge is 2.22. The molecule has 0 saturated carbocycles. The maximum Gasteiger partial charge on any atom is 0.0618 e. The second kappa shape index (κ2) is 13.9. The third-order valence-corrected chi connectivity index (χ3v) is 11.3. The Labute approximate surface area is 328 Å². The van der Waals surface area contributed by atoms with Gasteiger partial charge in [0.25, 0.3) is 0 Å². The van der Waals surface area contributed by atoms with Gasteiger partial charge in [0.1, 0.15) is 0 Å². The van der Waals surface area contributed by atoms with E-state index in [4.69, 9.17) is 0 Å². The Balaban J connectivity index is 1.24. The zero-order valence-corrected chi connectivity index (χ0v) is 31.5. The Hall–Kier alpha value is -7.16. The molecule has 0 amide bonds. The Morgan fingerprint density at radius 3 is 1.68 bits per heavy atom. The SMILES string of the molecule is Cc1ccc(N(c2ccc(-c3ccccc3)cc2)c2ccc3c4ccccc4n(-c4c(-c5ccccc5)cccc4-c4ccc5ccccc5c4)c3c2)cc1C. The number of nitrogens with zero attached hydrogens (tertiary/aromatic N) is 2. The lowest BCUT2D eigenvalue weighted by atomic mass is 9.94. The van der Waals surface area contributed by atoms with Crippen molar-refractivity contribution in [2.24, 2.45) is 0 Å². The monoisotopic (exact) mass is 716 g/mol. The summed E-state index contributed by atoms with van der Waals surface area (Å²) in [6, 6.07) is 75.3. The molecule has 10 aromatic rings. The van der Waals surface area contributed by atoms with Gasteiger partial charge in [-0.15, -0.1) is 0 Å². The maximum absolute atomic E-state index is 2.51. The standard InChI is InChI=1S/C54H40N2/c1-37-24-29-46(34-38(37)2)55(45-30-27-41(28-31-45)39-14-5-3-6-15-39)47-32-33-51-50-20-11-12-23-52(50)56(53(51)36-47)54-48(42-17-7-4-8-18-42)21-13-22-49(54)44-26-25-40-16-9-10-19-43(40)35-44/h3-36H,1-2H3. The molecule has 0 aliphatic carbocycles. The van der Waals surface area contributed by atoms with Crippen LogP contribution in [0.5, 0.6) is 0 Å². The van der Waals surface area contributed by atoms with Crippen LogP contribution in [0.15, 0.2) is 206 Å². The van der Waals surface area contributed by atoms with Gasteiger partial charge >= 0.3 is 0 Å². The largest absolute Gasteiger partial charge is 0.310 e. The molecule has 0 fully saturated rings. The molecule has 2 heteroatoms. The summed E-state index contributed by atoms with van der Waals surface area (Å²) in [5.74, 6) is 0. The van der Waals surface area contributed by atoms with E-state index in [-0.39, 0.29) is 0 Å². The van der Waals surface area contributed by atoms with Crippen molar-refractivity contribution in [1.82, 2.24) is 4.57 Å². The van der Waals surface area contributed by atoms with Crippen LogP contribution in [0, 0.1) is 13.8 Å². The number of aromatic nitrogens is 1. The summed E-state index contributed by atoms with van der Waals surface area (Å²) in [5, 5.41) is 4.91. The van der Waals surface area contributed by atoms with E-state index in [2.05, 4.69) is 230 Å². The van der Waals surface area contributed by atoms with Gasteiger partial charge in [-0.05, 0) is 107 Å². The lowest BCUT2D eigenvalue weighted by molar-refractivity contribution is 1.18. The Bertz CT molecular complexity index is 3030. The van der Waals surface area contributed by atoms with Gasteiger partial charge in [0.2, 0.25) is 0 Å². The number of para-hydroxylation sites is 2. The highest BCUT2D eigenvalue weighted by molar-refractivity contribution is 6.12. The molecule has 0 bridgehead atoms. The molecular formula is C54H40N2. The van der Waals surface area contributed by atoms with Gasteiger partial charge in [0.15, 0.2) is 0 Å². The van der Waals surface area contributed by atoms with Crippen LogP contribution in [0.25, 0.3) is 71.6 Å². The number of rotatable bonds is 7. The first-order chi connectivity index (χ1) is 27.6. The van der Waals surface area contributed by atoms with Crippen LogP contribution >= 0.6 is 0 Å². The highest BCUT2D eigenvalue weighted by atomic mass is 15.1. The molecule has 0 saturated heterocycles. The van der Waals surface area contributed by atoms with Crippen molar-refractivity contribution in [3.8, 4) is 39.1 Å². The van der Waals surface area contributed by atoms with Gasteiger partial charge in [-0.2, -0.15) is 0 Å². The molecule has 0 aliphatic rings. The van der Waals surface area contributed by atoms with Gasteiger partial charge in [-0.3, -0.25) is 0 Å². The third kappa shape index (κ3) is 5.84. The summed E-state index contributed by atoms with van der Waals surface area (Å²) in [5.41, 5.74) is 16.5. The number of fused-ring (bicyclic) bond motifs is 4. The zero-order chi connectivity index (χ0) is 37.6. The lowest BCUT2D eigenvalue weighted by Gasteiger charge is -2.27. The Morgan fingerprint density at radius 2 is 0.911 bits per heavy atom. The van der Waals surface area contributed by atoms with E-state index in [0.717, 1.165) is 22.6 Å². The molecule has 10 rings (SSSR count). The summed E-state index contributed by atoms with van der Waals surface area (Å²) >= 11 is 0. The summed E-state index contributed by atoms with van der Waals surface area (Å²) in [7, 11) is 0. The first-order valence-corrected chi connectivity index (χ1v) is 19.3. The quantitative estimate of drug-likeness (QED) is 0.159. The highest BCUT2D eigenvalue weighted by Crippen LogP contribution is 2.44. The van der Waals surface area contributed by atoms with Crippen molar-refractivity contribution < 1.29 is 0 Å². The van der Waals surface area contributed by atoms with Crippen LogP contribution < -0.4 is 4.90 Å². The van der Waals surface area contributed by atoms with E-state index in [9.17, 15) is 0 Å². The molecule has 1 aromatic heterocycles. The number of anilines is 3. The fourth-order valence-electron chi connectivity index (χ4n) is 8.31. The minimum atomic E-state index is 1.10. The lowest BCUT2D eigenvalue weighted by Crippen LogP contribution is -2.10. The molecule has 0 N–H and O–H groups in total. The summed E-state index contributed by atoms with van der Waals surface area (Å²) in [6.07, 6.45) is 0. The van der Waals surface area contributed by atoms with E-state index in [1.807, 2.05) is 0 Å². The smallest absolute Gasteiger partial charge is 0.0618 e. The molecule has 2 nitrogen and oxygen atoms in total. The van der Waals surface area contributed by atoms with Crippen molar-refractivity contribution in [3.63, 3.8) is 0 Å². The second-order valence-corrected chi connectivity index (χ2v) is 14.7. The van der Waals surface area contributed by atoms with Gasteiger partial charge in [-0.25, -0.2) is 0 Å². The summed E-state index contributed by atoms with van der Waals surface area (Å²) in [4.78, 5) is 2.40. The minimum Gasteiger partial charge on any atom is -0.310 e. The molecule has 266 valence electrons. The van der Waals surface area contributed by atoms with Crippen LogP contribution in [-0.2, 0) is 0 Å². The molecule has 56 heavy (non-hydrogen) atoms. The van der Waals surface area contributed by atoms with E-state index >= 15 is 0 Å². The van der Waals surface area contributed by atoms with Crippen molar-refractivity contribution in [3.05, 3.63) is 217 Å². The van der Waals surface area contributed by atoms with Gasteiger partial charge in [-0.1, -0.05) is 158 Å². The summed E-state index contributed by atoms with van der Waals surface area (Å²) in [6.45, 7) is 4.38. The van der Waals surface area contributed by atoms with E-state index in [0.29, 0.717) is 0 Å². The van der Waals surface area contributed by atoms with E-state index in [1.165, 1.54) is 77.3 Å². The minimum absolute atomic E-state index is 1.10. The molecule has 0 unspecified atom stereocenters. The van der Waals surface area contributed by atoms with Crippen molar-refractivity contribution in [2.45, 2.75) is 13.8 Å². The third-order valence-electron chi connectivity index (χ3n) is 11.3. The molecule has 0 radical (unpaired) electrons. The number of benzene rings is 9. The first kappa shape index (κ1) is 33.4. The molecule has 1 heterocycles. The fraction of sp³-hybridized carbons (Fsp3) is 0.0370. The first-order valence-electron chi connectivity index (χ1n) is 19.3. The number of hydrogen-bond acceptors (Lipinski definition) is 1. The molecule has 9 aromatic carbocycles. The van der Waals surface area contributed by atoms with Gasteiger partial charge < -0.3 is 9.47 Å². The maximum atomic E-state index is 2.51. The molecule has 0 aliphatic heterocycles. The van der Waals surface area contributed by atoms with Crippen LogP contribution in [0.1, 0.15) is 11.1 Å². The predicted octanol–water partition coefficient (Wildman–Crippen LogP) is 15.0. The van der Waals surface area contributed by atoms with Crippen LogP contribution in [0.4, 0.5) is 17.1 Å². The van der Waals surface area contributed by atoms with Crippen molar-refractivity contribution in [2.75, 3.05) is 4.90 Å². The van der Waals surface area contributed by atoms with Gasteiger partial charge in [0.05, 0.1) is 16.7 Å². The number of aryl methyl sites for hydroxylation is 2. The van der Waals surface area contributed by atoms with Crippen molar-refractivity contribution in [1.29, 1.82) is 0 Å². The Kier molecular flexibility index (Phi) is 8.30. The topological polar surface area (TPSA) is 8.17 Å². The zero-order valence-electron chi connectivity index (χ0n) is 31.5. The van der Waals surface area contributed by atoms with Crippen molar-refractivity contribution >= 4 is 49.6 Å². The molecule has 0 spiro atoms. The van der Waals surface area contributed by atoms with Gasteiger partial charge in [0, 0.05) is 39.0 Å². The predicted molar refractivity (Wildman–Crippen MR) is 239 cm³/mol. The second-order valence-electron chi connectivity index (χ2n) is 14.7.